The van der Waals surface area contributed by atoms with E-state index in [-0.39, 0.29) is 6.10 Å². The van der Waals surface area contributed by atoms with Gasteiger partial charge in [-0.2, -0.15) is 0 Å². The number of aliphatic hydroxyl groups is 1. The summed E-state index contributed by atoms with van der Waals surface area (Å²) in [5.74, 6) is 0.792. The van der Waals surface area contributed by atoms with Gasteiger partial charge in [-0.15, -0.1) is 0 Å². The van der Waals surface area contributed by atoms with Gasteiger partial charge in [0, 0.05) is 0 Å². The molecule has 1 atom stereocenters. The Kier molecular flexibility index (Phi) is 3.65. The summed E-state index contributed by atoms with van der Waals surface area (Å²) in [6.07, 6.45) is 5.68. The van der Waals surface area contributed by atoms with Crippen LogP contribution >= 0.6 is 0 Å². The summed E-state index contributed by atoms with van der Waals surface area (Å²) in [5.41, 5.74) is 3.90. The zero-order chi connectivity index (χ0) is 11.5. The van der Waals surface area contributed by atoms with Crippen LogP contribution in [0.3, 0.4) is 0 Å². The van der Waals surface area contributed by atoms with E-state index in [1.165, 1.54) is 36.0 Å². The maximum Gasteiger partial charge on any atom is 0.0583 e. The molecular formula is C15H22O. The Morgan fingerprint density at radius 2 is 2.06 bits per heavy atom. The Hall–Kier alpha value is -0.820. The molecule has 1 nitrogen and oxygen atoms in total. The van der Waals surface area contributed by atoms with Gasteiger partial charge in [0.1, 0.15) is 0 Å². The fourth-order valence-electron chi connectivity index (χ4n) is 2.47. The van der Waals surface area contributed by atoms with Gasteiger partial charge >= 0.3 is 0 Å². The summed E-state index contributed by atoms with van der Waals surface area (Å²) in [7, 11) is 0. The molecule has 0 aromatic heterocycles. The molecule has 0 bridgehead atoms. The summed E-state index contributed by atoms with van der Waals surface area (Å²) in [6, 6.07) is 6.50. The van der Waals surface area contributed by atoms with Crippen LogP contribution < -0.4 is 0 Å². The first-order valence-corrected chi connectivity index (χ1v) is 6.39. The third kappa shape index (κ3) is 2.85. The van der Waals surface area contributed by atoms with Crippen LogP contribution in [0.2, 0.25) is 0 Å². The lowest BCUT2D eigenvalue weighted by Gasteiger charge is -2.27. The summed E-state index contributed by atoms with van der Waals surface area (Å²) in [5, 5.41) is 10.1. The van der Waals surface area contributed by atoms with Crippen molar-refractivity contribution < 1.29 is 5.11 Å². The van der Waals surface area contributed by atoms with Crippen LogP contribution in [0.4, 0.5) is 0 Å². The zero-order valence-corrected chi connectivity index (χ0v) is 10.4. The lowest BCUT2D eigenvalue weighted by atomic mass is 9.80. The van der Waals surface area contributed by atoms with Gasteiger partial charge in [0.15, 0.2) is 0 Å². The molecule has 0 amide bonds. The molecule has 1 fully saturated rings. The summed E-state index contributed by atoms with van der Waals surface area (Å²) in [4.78, 5) is 0. The van der Waals surface area contributed by atoms with Crippen molar-refractivity contribution in [2.75, 3.05) is 0 Å². The van der Waals surface area contributed by atoms with E-state index in [2.05, 4.69) is 32.0 Å². The predicted octanol–water partition coefficient (Wildman–Crippen LogP) is 3.40. The molecule has 1 aromatic carbocycles. The van der Waals surface area contributed by atoms with Gasteiger partial charge in [-0.05, 0) is 43.7 Å². The average Bonchev–Trinajstić information content (AvgIpc) is 2.18. The van der Waals surface area contributed by atoms with Gasteiger partial charge in [0.05, 0.1) is 6.10 Å². The van der Waals surface area contributed by atoms with Crippen LogP contribution in [0.5, 0.6) is 0 Å². The van der Waals surface area contributed by atoms with Gasteiger partial charge in [-0.25, -0.2) is 0 Å². The molecule has 1 aliphatic carbocycles. The summed E-state index contributed by atoms with van der Waals surface area (Å²) in [6.45, 7) is 4.24. The van der Waals surface area contributed by atoms with Crippen molar-refractivity contribution in [1.82, 2.24) is 0 Å². The SMILES string of the molecule is Cc1ccc(C)c(CC(O)CC2CCC2)c1. The van der Waals surface area contributed by atoms with E-state index in [1.54, 1.807) is 0 Å². The second kappa shape index (κ2) is 5.01. The van der Waals surface area contributed by atoms with Gasteiger partial charge < -0.3 is 5.11 Å². The van der Waals surface area contributed by atoms with E-state index < -0.39 is 0 Å². The topological polar surface area (TPSA) is 20.2 Å². The Balaban J connectivity index is 1.93. The van der Waals surface area contributed by atoms with E-state index in [0.29, 0.717) is 0 Å². The minimum Gasteiger partial charge on any atom is -0.393 e. The predicted molar refractivity (Wildman–Crippen MR) is 67.6 cm³/mol. The first-order valence-electron chi connectivity index (χ1n) is 6.39. The molecule has 1 aliphatic rings. The Morgan fingerprint density at radius 1 is 1.31 bits per heavy atom. The number of hydrogen-bond donors (Lipinski definition) is 1. The quantitative estimate of drug-likeness (QED) is 0.821. The number of aryl methyl sites for hydroxylation is 2. The highest BCUT2D eigenvalue weighted by Gasteiger charge is 2.21. The number of aliphatic hydroxyl groups excluding tert-OH is 1. The van der Waals surface area contributed by atoms with Crippen LogP contribution in [-0.2, 0) is 6.42 Å². The van der Waals surface area contributed by atoms with Crippen molar-refractivity contribution >= 4 is 0 Å². The molecule has 1 saturated carbocycles. The van der Waals surface area contributed by atoms with Crippen molar-refractivity contribution in [3.05, 3.63) is 34.9 Å². The van der Waals surface area contributed by atoms with Crippen molar-refractivity contribution in [3.8, 4) is 0 Å². The molecular weight excluding hydrogens is 196 g/mol. The highest BCUT2D eigenvalue weighted by Crippen LogP contribution is 2.31. The maximum atomic E-state index is 10.1. The molecule has 0 saturated heterocycles. The Labute approximate surface area is 98.5 Å². The van der Waals surface area contributed by atoms with E-state index in [0.717, 1.165) is 18.8 Å². The second-order valence-electron chi connectivity index (χ2n) is 5.32. The average molecular weight is 218 g/mol. The van der Waals surface area contributed by atoms with Gasteiger partial charge in [-0.1, -0.05) is 43.0 Å². The van der Waals surface area contributed by atoms with Crippen molar-refractivity contribution in [3.63, 3.8) is 0 Å². The van der Waals surface area contributed by atoms with Crippen LogP contribution in [0.1, 0.15) is 42.4 Å². The normalized spacial score (nSPS) is 18.2. The molecule has 0 heterocycles. The maximum absolute atomic E-state index is 10.1. The first-order chi connectivity index (χ1) is 7.65. The van der Waals surface area contributed by atoms with Crippen molar-refractivity contribution in [2.24, 2.45) is 5.92 Å². The fourth-order valence-corrected chi connectivity index (χ4v) is 2.47. The monoisotopic (exact) mass is 218 g/mol. The molecule has 1 aromatic rings. The molecule has 0 radical (unpaired) electrons. The molecule has 1 heteroatoms. The third-order valence-corrected chi connectivity index (χ3v) is 3.79. The molecule has 2 rings (SSSR count). The first kappa shape index (κ1) is 11.7. The van der Waals surface area contributed by atoms with Crippen LogP contribution in [0.25, 0.3) is 0 Å². The van der Waals surface area contributed by atoms with Crippen LogP contribution in [0, 0.1) is 19.8 Å². The number of rotatable bonds is 4. The molecule has 1 unspecified atom stereocenters. The standard InChI is InChI=1S/C15H22O/c1-11-6-7-12(2)14(8-11)10-15(16)9-13-4-3-5-13/h6-8,13,15-16H,3-5,9-10H2,1-2H3. The number of benzene rings is 1. The highest BCUT2D eigenvalue weighted by atomic mass is 16.3. The van der Waals surface area contributed by atoms with Gasteiger partial charge in [0.2, 0.25) is 0 Å². The third-order valence-electron chi connectivity index (χ3n) is 3.79. The molecule has 16 heavy (non-hydrogen) atoms. The van der Waals surface area contributed by atoms with Gasteiger partial charge in [0.25, 0.3) is 0 Å². The fraction of sp³-hybridized carbons (Fsp3) is 0.600. The molecule has 0 spiro atoms. The van der Waals surface area contributed by atoms with E-state index in [4.69, 9.17) is 0 Å². The van der Waals surface area contributed by atoms with Crippen molar-refractivity contribution in [1.29, 1.82) is 0 Å². The Bertz CT molecular complexity index is 352. The molecule has 88 valence electrons. The largest absolute Gasteiger partial charge is 0.393 e. The van der Waals surface area contributed by atoms with Crippen LogP contribution in [0.15, 0.2) is 18.2 Å². The number of hydrogen-bond acceptors (Lipinski definition) is 1. The zero-order valence-electron chi connectivity index (χ0n) is 10.4. The van der Waals surface area contributed by atoms with Crippen molar-refractivity contribution in [2.45, 2.75) is 52.1 Å². The Morgan fingerprint density at radius 3 is 2.69 bits per heavy atom. The van der Waals surface area contributed by atoms with E-state index >= 15 is 0 Å². The smallest absolute Gasteiger partial charge is 0.0583 e. The van der Waals surface area contributed by atoms with Crippen LogP contribution in [-0.4, -0.2) is 11.2 Å². The lowest BCUT2D eigenvalue weighted by molar-refractivity contribution is 0.117. The highest BCUT2D eigenvalue weighted by molar-refractivity contribution is 5.30. The summed E-state index contributed by atoms with van der Waals surface area (Å²) < 4.78 is 0. The molecule has 0 aliphatic heterocycles. The van der Waals surface area contributed by atoms with Gasteiger partial charge in [-0.3, -0.25) is 0 Å². The molecule has 1 N–H and O–H groups in total. The second-order valence-corrected chi connectivity index (χ2v) is 5.32. The lowest BCUT2D eigenvalue weighted by Crippen LogP contribution is -2.21. The van der Waals surface area contributed by atoms with E-state index in [1.807, 2.05) is 0 Å². The van der Waals surface area contributed by atoms with E-state index in [9.17, 15) is 5.11 Å². The summed E-state index contributed by atoms with van der Waals surface area (Å²) >= 11 is 0. The minimum atomic E-state index is -0.147. The minimum absolute atomic E-state index is 0.147.